The number of aromatic nitrogens is 1. The fourth-order valence-electron chi connectivity index (χ4n) is 3.46. The first-order valence-electron chi connectivity index (χ1n) is 9.26. The SMILES string of the molecule is C=CCN(C(C)C(=O)c1c(C)c(C(=O)OC)n(C)c1C)S(=O)(=O)c1cc(Cl)ccc1Cl. The third-order valence-electron chi connectivity index (χ3n) is 5.16. The second kappa shape index (κ2) is 9.56. The molecule has 0 saturated carbocycles. The van der Waals surface area contributed by atoms with Crippen molar-refractivity contribution < 1.29 is 22.7 Å². The molecular formula is C21H24Cl2N2O5S. The predicted molar refractivity (Wildman–Crippen MR) is 121 cm³/mol. The van der Waals surface area contributed by atoms with E-state index in [-0.39, 0.29) is 32.7 Å². The molecule has 1 atom stereocenters. The van der Waals surface area contributed by atoms with Crippen LogP contribution in [0.4, 0.5) is 0 Å². The number of carbonyl (C=O) groups is 2. The van der Waals surface area contributed by atoms with Crippen molar-refractivity contribution in [3.8, 4) is 0 Å². The van der Waals surface area contributed by atoms with Crippen LogP contribution in [0.5, 0.6) is 0 Å². The van der Waals surface area contributed by atoms with E-state index in [1.165, 1.54) is 38.3 Å². The van der Waals surface area contributed by atoms with Crippen molar-refractivity contribution >= 4 is 45.0 Å². The monoisotopic (exact) mass is 486 g/mol. The first-order valence-corrected chi connectivity index (χ1v) is 11.5. The maximum Gasteiger partial charge on any atom is 0.354 e. The van der Waals surface area contributed by atoms with E-state index in [2.05, 4.69) is 6.58 Å². The van der Waals surface area contributed by atoms with Crippen LogP contribution in [0.3, 0.4) is 0 Å². The summed E-state index contributed by atoms with van der Waals surface area (Å²) in [5.74, 6) is -1.06. The zero-order valence-corrected chi connectivity index (χ0v) is 20.2. The molecule has 1 aromatic carbocycles. The molecule has 0 amide bonds. The molecule has 1 heterocycles. The number of ether oxygens (including phenoxy) is 1. The Labute approximate surface area is 192 Å². The number of carbonyl (C=O) groups excluding carboxylic acids is 2. The number of esters is 1. The minimum Gasteiger partial charge on any atom is -0.464 e. The Balaban J connectivity index is 2.60. The van der Waals surface area contributed by atoms with E-state index in [9.17, 15) is 18.0 Å². The minimum absolute atomic E-state index is 0.0156. The Morgan fingerprint density at radius 2 is 1.90 bits per heavy atom. The number of sulfonamides is 1. The smallest absolute Gasteiger partial charge is 0.354 e. The lowest BCUT2D eigenvalue weighted by molar-refractivity contribution is 0.0588. The average Bonchev–Trinajstić information content (AvgIpc) is 2.94. The topological polar surface area (TPSA) is 85.7 Å². The van der Waals surface area contributed by atoms with Gasteiger partial charge in [-0.15, -0.1) is 6.58 Å². The highest BCUT2D eigenvalue weighted by Crippen LogP contribution is 2.31. The molecule has 0 aliphatic heterocycles. The van der Waals surface area contributed by atoms with Crippen molar-refractivity contribution in [2.75, 3.05) is 13.7 Å². The van der Waals surface area contributed by atoms with Gasteiger partial charge < -0.3 is 9.30 Å². The Morgan fingerprint density at radius 1 is 1.29 bits per heavy atom. The largest absolute Gasteiger partial charge is 0.464 e. The minimum atomic E-state index is -4.19. The molecule has 0 radical (unpaired) electrons. The third-order valence-corrected chi connectivity index (χ3v) is 7.81. The highest BCUT2D eigenvalue weighted by Gasteiger charge is 2.36. The number of ketones is 1. The molecule has 31 heavy (non-hydrogen) atoms. The van der Waals surface area contributed by atoms with E-state index in [0.29, 0.717) is 11.3 Å². The van der Waals surface area contributed by atoms with E-state index in [1.54, 1.807) is 25.5 Å². The molecule has 0 spiro atoms. The summed E-state index contributed by atoms with van der Waals surface area (Å²) in [5.41, 5.74) is 1.43. The molecule has 0 bridgehead atoms. The second-order valence-corrected chi connectivity index (χ2v) is 9.67. The molecule has 0 aliphatic carbocycles. The lowest BCUT2D eigenvalue weighted by Crippen LogP contribution is -2.43. The van der Waals surface area contributed by atoms with Gasteiger partial charge in [0.15, 0.2) is 5.78 Å². The number of Topliss-reactive ketones (excluding diaryl/α,β-unsaturated/α-hetero) is 1. The number of halogens is 2. The van der Waals surface area contributed by atoms with E-state index in [0.717, 1.165) is 4.31 Å². The molecule has 10 heteroatoms. The van der Waals surface area contributed by atoms with E-state index < -0.39 is 27.8 Å². The maximum atomic E-state index is 13.4. The average molecular weight is 487 g/mol. The van der Waals surface area contributed by atoms with Crippen LogP contribution in [0.25, 0.3) is 0 Å². The highest BCUT2D eigenvalue weighted by atomic mass is 35.5. The Kier molecular flexibility index (Phi) is 7.75. The Morgan fingerprint density at radius 3 is 2.45 bits per heavy atom. The summed E-state index contributed by atoms with van der Waals surface area (Å²) in [7, 11) is -1.30. The molecule has 1 unspecified atom stereocenters. The zero-order valence-electron chi connectivity index (χ0n) is 17.9. The summed E-state index contributed by atoms with van der Waals surface area (Å²) in [4.78, 5) is 25.4. The fraction of sp³-hybridized carbons (Fsp3) is 0.333. The summed E-state index contributed by atoms with van der Waals surface area (Å²) >= 11 is 12.1. The first-order chi connectivity index (χ1) is 14.4. The number of hydrogen-bond donors (Lipinski definition) is 0. The lowest BCUT2D eigenvalue weighted by Gasteiger charge is -2.27. The van der Waals surface area contributed by atoms with Crippen molar-refractivity contribution in [2.24, 2.45) is 7.05 Å². The van der Waals surface area contributed by atoms with E-state index in [4.69, 9.17) is 27.9 Å². The fourth-order valence-corrected chi connectivity index (χ4v) is 5.76. The van der Waals surface area contributed by atoms with Gasteiger partial charge in [0.2, 0.25) is 10.0 Å². The van der Waals surface area contributed by atoms with Gasteiger partial charge in [0, 0.05) is 29.9 Å². The van der Waals surface area contributed by atoms with E-state index >= 15 is 0 Å². The summed E-state index contributed by atoms with van der Waals surface area (Å²) < 4.78 is 34.1. The van der Waals surface area contributed by atoms with Gasteiger partial charge in [0.25, 0.3) is 0 Å². The van der Waals surface area contributed by atoms with Crippen LogP contribution in [0.1, 0.15) is 39.0 Å². The van der Waals surface area contributed by atoms with Crippen LogP contribution in [-0.2, 0) is 21.8 Å². The van der Waals surface area contributed by atoms with Gasteiger partial charge in [0.05, 0.1) is 18.2 Å². The number of nitrogens with zero attached hydrogens (tertiary/aromatic N) is 2. The number of benzene rings is 1. The third kappa shape index (κ3) is 4.57. The molecule has 2 aromatic rings. The van der Waals surface area contributed by atoms with Gasteiger partial charge in [-0.1, -0.05) is 29.3 Å². The van der Waals surface area contributed by atoms with Crippen molar-refractivity contribution in [1.29, 1.82) is 0 Å². The van der Waals surface area contributed by atoms with Crippen LogP contribution in [0.2, 0.25) is 10.0 Å². The maximum absolute atomic E-state index is 13.4. The summed E-state index contributed by atoms with van der Waals surface area (Å²) in [5, 5.41) is 0.177. The predicted octanol–water partition coefficient (Wildman–Crippen LogP) is 4.18. The van der Waals surface area contributed by atoms with Crippen molar-refractivity contribution in [3.05, 3.63) is 63.4 Å². The zero-order chi connectivity index (χ0) is 23.7. The molecule has 2 rings (SSSR count). The highest BCUT2D eigenvalue weighted by molar-refractivity contribution is 7.89. The molecular weight excluding hydrogens is 463 g/mol. The number of methoxy groups -OCH3 is 1. The van der Waals surface area contributed by atoms with Gasteiger partial charge >= 0.3 is 5.97 Å². The Bertz CT molecular complexity index is 1160. The molecule has 7 nitrogen and oxygen atoms in total. The molecule has 0 N–H and O–H groups in total. The normalized spacial score (nSPS) is 12.6. The van der Waals surface area contributed by atoms with Crippen LogP contribution < -0.4 is 0 Å². The van der Waals surface area contributed by atoms with Crippen LogP contribution >= 0.6 is 23.2 Å². The standard InChI is InChI=1S/C21H24Cl2N2O5S/c1-7-10-25(31(28,29)17-11-15(22)8-9-16(17)23)14(4)20(26)18-12(2)19(21(27)30-6)24(5)13(18)3/h7-9,11,14H,1,10H2,2-6H3. The summed E-state index contributed by atoms with van der Waals surface area (Å²) in [6.45, 7) is 8.26. The van der Waals surface area contributed by atoms with Crippen molar-refractivity contribution in [3.63, 3.8) is 0 Å². The van der Waals surface area contributed by atoms with Crippen molar-refractivity contribution in [2.45, 2.75) is 31.7 Å². The summed E-state index contributed by atoms with van der Waals surface area (Å²) in [6.07, 6.45) is 1.38. The molecule has 0 aliphatic rings. The molecule has 0 fully saturated rings. The second-order valence-electron chi connectivity index (χ2n) is 6.96. The summed E-state index contributed by atoms with van der Waals surface area (Å²) in [6, 6.07) is 2.98. The lowest BCUT2D eigenvalue weighted by atomic mass is 10.0. The first kappa shape index (κ1) is 25.1. The van der Waals surface area contributed by atoms with Crippen LogP contribution in [0, 0.1) is 13.8 Å². The van der Waals surface area contributed by atoms with Gasteiger partial charge in [-0.3, -0.25) is 4.79 Å². The van der Waals surface area contributed by atoms with Gasteiger partial charge in [-0.2, -0.15) is 4.31 Å². The van der Waals surface area contributed by atoms with Crippen LogP contribution in [0.15, 0.2) is 35.7 Å². The van der Waals surface area contributed by atoms with Gasteiger partial charge in [-0.25, -0.2) is 13.2 Å². The van der Waals surface area contributed by atoms with E-state index in [1.807, 2.05) is 0 Å². The van der Waals surface area contributed by atoms with Gasteiger partial charge in [-0.05, 0) is 44.5 Å². The number of hydrogen-bond acceptors (Lipinski definition) is 5. The quantitative estimate of drug-likeness (QED) is 0.317. The Hall–Kier alpha value is -2.13. The van der Waals surface area contributed by atoms with Crippen LogP contribution in [-0.4, -0.2) is 48.7 Å². The molecule has 168 valence electrons. The van der Waals surface area contributed by atoms with Gasteiger partial charge in [0.1, 0.15) is 10.6 Å². The molecule has 0 saturated heterocycles. The van der Waals surface area contributed by atoms with Crippen molar-refractivity contribution in [1.82, 2.24) is 8.87 Å². The number of rotatable bonds is 8. The molecule has 1 aromatic heterocycles.